The zero-order valence-corrected chi connectivity index (χ0v) is 11.0. The normalized spacial score (nSPS) is 12.3. The fourth-order valence-corrected chi connectivity index (χ4v) is 1.86. The molecule has 1 rings (SSSR count). The summed E-state index contributed by atoms with van der Waals surface area (Å²) in [5.41, 5.74) is 3.11. The number of carbonyl (C=O) groups is 1. The maximum atomic E-state index is 12.1. The van der Waals surface area contributed by atoms with Gasteiger partial charge < -0.3 is 10.0 Å². The van der Waals surface area contributed by atoms with E-state index in [4.69, 9.17) is 5.11 Å². The van der Waals surface area contributed by atoms with Crippen LogP contribution >= 0.6 is 0 Å². The largest absolute Gasteiger partial charge is 0.396 e. The smallest absolute Gasteiger partial charge is 0.232 e. The van der Waals surface area contributed by atoms with Crippen LogP contribution in [0.4, 0.5) is 5.69 Å². The van der Waals surface area contributed by atoms with E-state index in [0.717, 1.165) is 16.8 Å². The van der Waals surface area contributed by atoms with Crippen LogP contribution in [0.1, 0.15) is 24.5 Å². The molecule has 1 unspecified atom stereocenters. The van der Waals surface area contributed by atoms with Gasteiger partial charge in [-0.2, -0.15) is 0 Å². The Labute approximate surface area is 103 Å². The van der Waals surface area contributed by atoms with E-state index >= 15 is 0 Å². The summed E-state index contributed by atoms with van der Waals surface area (Å²) in [4.78, 5) is 13.8. The molecule has 1 atom stereocenters. The van der Waals surface area contributed by atoms with Gasteiger partial charge in [0, 0.05) is 12.7 Å². The summed E-state index contributed by atoms with van der Waals surface area (Å²) in [5.74, 6) is -0.330. The Balaban J connectivity index is 2.99. The average Bonchev–Trinajstić information content (AvgIpc) is 2.32. The van der Waals surface area contributed by atoms with Crippen molar-refractivity contribution in [3.8, 4) is 0 Å². The van der Waals surface area contributed by atoms with E-state index in [2.05, 4.69) is 0 Å². The Morgan fingerprint density at radius 3 is 2.59 bits per heavy atom. The van der Waals surface area contributed by atoms with Gasteiger partial charge in [-0.3, -0.25) is 4.79 Å². The molecule has 0 aliphatic carbocycles. The SMILES string of the molecule is CCC(CO)C(=O)N(C)c1cc(C)ccc1C. The van der Waals surface area contributed by atoms with Crippen LogP contribution in [0.3, 0.4) is 0 Å². The first kappa shape index (κ1) is 13.7. The van der Waals surface area contributed by atoms with Crippen molar-refractivity contribution in [3.05, 3.63) is 29.3 Å². The number of anilines is 1. The zero-order valence-electron chi connectivity index (χ0n) is 11.0. The highest BCUT2D eigenvalue weighted by atomic mass is 16.3. The number of aryl methyl sites for hydroxylation is 2. The Hall–Kier alpha value is -1.35. The molecule has 0 saturated carbocycles. The maximum absolute atomic E-state index is 12.1. The molecule has 94 valence electrons. The standard InChI is InChI=1S/C14H21NO2/c1-5-12(9-16)14(17)15(4)13-8-10(2)6-7-11(13)3/h6-8,12,16H,5,9H2,1-4H3. The molecule has 0 aliphatic rings. The lowest BCUT2D eigenvalue weighted by molar-refractivity contribution is -0.123. The molecule has 0 bridgehead atoms. The number of aliphatic hydroxyl groups excluding tert-OH is 1. The van der Waals surface area contributed by atoms with E-state index in [1.54, 1.807) is 11.9 Å². The number of hydrogen-bond acceptors (Lipinski definition) is 2. The predicted molar refractivity (Wildman–Crippen MR) is 70.2 cm³/mol. The molecule has 1 aromatic carbocycles. The van der Waals surface area contributed by atoms with Crippen LogP contribution in [0.25, 0.3) is 0 Å². The number of nitrogens with zero attached hydrogens (tertiary/aromatic N) is 1. The second-order valence-electron chi connectivity index (χ2n) is 4.47. The van der Waals surface area contributed by atoms with Crippen LogP contribution < -0.4 is 4.90 Å². The van der Waals surface area contributed by atoms with Gasteiger partial charge in [0.05, 0.1) is 12.5 Å². The van der Waals surface area contributed by atoms with Crippen molar-refractivity contribution in [1.82, 2.24) is 0 Å². The molecule has 0 saturated heterocycles. The molecular formula is C14H21NO2. The molecule has 3 nitrogen and oxygen atoms in total. The number of aliphatic hydroxyl groups is 1. The lowest BCUT2D eigenvalue weighted by atomic mass is 10.0. The van der Waals surface area contributed by atoms with Crippen molar-refractivity contribution in [2.75, 3.05) is 18.6 Å². The minimum absolute atomic E-state index is 0.0244. The second kappa shape index (κ2) is 5.82. The van der Waals surface area contributed by atoms with Crippen molar-refractivity contribution >= 4 is 11.6 Å². The van der Waals surface area contributed by atoms with Crippen LogP contribution in [-0.2, 0) is 4.79 Å². The Kier molecular flexibility index (Phi) is 4.70. The lowest BCUT2D eigenvalue weighted by Gasteiger charge is -2.23. The third kappa shape index (κ3) is 3.07. The van der Waals surface area contributed by atoms with Gasteiger partial charge in [0.25, 0.3) is 0 Å². The van der Waals surface area contributed by atoms with E-state index in [1.165, 1.54) is 0 Å². The van der Waals surface area contributed by atoms with Gasteiger partial charge in [-0.15, -0.1) is 0 Å². The van der Waals surface area contributed by atoms with Crippen LogP contribution in [0.5, 0.6) is 0 Å². The summed E-state index contributed by atoms with van der Waals surface area (Å²) >= 11 is 0. The minimum atomic E-state index is -0.306. The first-order valence-electron chi connectivity index (χ1n) is 5.97. The molecule has 3 heteroatoms. The van der Waals surface area contributed by atoms with Gasteiger partial charge in [-0.25, -0.2) is 0 Å². The number of rotatable bonds is 4. The molecule has 0 spiro atoms. The topological polar surface area (TPSA) is 40.5 Å². The molecule has 0 fully saturated rings. The molecule has 1 N–H and O–H groups in total. The first-order chi connectivity index (χ1) is 8.01. The fraction of sp³-hybridized carbons (Fsp3) is 0.500. The molecule has 0 aliphatic heterocycles. The summed E-state index contributed by atoms with van der Waals surface area (Å²) in [7, 11) is 1.77. The van der Waals surface area contributed by atoms with Gasteiger partial charge in [0.2, 0.25) is 5.91 Å². The van der Waals surface area contributed by atoms with E-state index in [9.17, 15) is 4.79 Å². The Morgan fingerprint density at radius 1 is 1.41 bits per heavy atom. The molecule has 1 aromatic rings. The van der Waals surface area contributed by atoms with Gasteiger partial charge in [0.1, 0.15) is 0 Å². The molecular weight excluding hydrogens is 214 g/mol. The monoisotopic (exact) mass is 235 g/mol. The van der Waals surface area contributed by atoms with Gasteiger partial charge in [0.15, 0.2) is 0 Å². The average molecular weight is 235 g/mol. The van der Waals surface area contributed by atoms with Crippen molar-refractivity contribution in [2.45, 2.75) is 27.2 Å². The van der Waals surface area contributed by atoms with Gasteiger partial charge in [-0.1, -0.05) is 19.1 Å². The highest BCUT2D eigenvalue weighted by Gasteiger charge is 2.21. The summed E-state index contributed by atoms with van der Waals surface area (Å²) in [6.45, 7) is 5.81. The third-order valence-electron chi connectivity index (χ3n) is 3.12. The summed E-state index contributed by atoms with van der Waals surface area (Å²) in [6, 6.07) is 6.03. The van der Waals surface area contributed by atoms with Crippen LogP contribution in [0.2, 0.25) is 0 Å². The Morgan fingerprint density at radius 2 is 2.06 bits per heavy atom. The number of carbonyl (C=O) groups excluding carboxylic acids is 1. The van der Waals surface area contributed by atoms with Crippen molar-refractivity contribution < 1.29 is 9.90 Å². The van der Waals surface area contributed by atoms with E-state index in [1.807, 2.05) is 39.0 Å². The molecule has 1 amide bonds. The van der Waals surface area contributed by atoms with E-state index in [-0.39, 0.29) is 18.4 Å². The van der Waals surface area contributed by atoms with Crippen molar-refractivity contribution in [2.24, 2.45) is 5.92 Å². The van der Waals surface area contributed by atoms with Crippen LogP contribution in [-0.4, -0.2) is 24.7 Å². The predicted octanol–water partition coefficient (Wildman–Crippen LogP) is 2.28. The van der Waals surface area contributed by atoms with Crippen LogP contribution in [0.15, 0.2) is 18.2 Å². The fourth-order valence-electron chi connectivity index (χ4n) is 1.86. The van der Waals surface area contributed by atoms with Crippen molar-refractivity contribution in [1.29, 1.82) is 0 Å². The van der Waals surface area contributed by atoms with E-state index in [0.29, 0.717) is 6.42 Å². The van der Waals surface area contributed by atoms with E-state index < -0.39 is 0 Å². The zero-order chi connectivity index (χ0) is 13.0. The third-order valence-corrected chi connectivity index (χ3v) is 3.12. The Bertz CT molecular complexity index is 397. The second-order valence-corrected chi connectivity index (χ2v) is 4.47. The summed E-state index contributed by atoms with van der Waals surface area (Å²) in [5, 5.41) is 9.17. The molecule has 0 radical (unpaired) electrons. The highest BCUT2D eigenvalue weighted by molar-refractivity contribution is 5.95. The van der Waals surface area contributed by atoms with Crippen LogP contribution in [0, 0.1) is 19.8 Å². The number of benzene rings is 1. The summed E-state index contributed by atoms with van der Waals surface area (Å²) < 4.78 is 0. The van der Waals surface area contributed by atoms with Gasteiger partial charge >= 0.3 is 0 Å². The summed E-state index contributed by atoms with van der Waals surface area (Å²) in [6.07, 6.45) is 0.657. The molecule has 0 aromatic heterocycles. The highest BCUT2D eigenvalue weighted by Crippen LogP contribution is 2.22. The maximum Gasteiger partial charge on any atom is 0.232 e. The minimum Gasteiger partial charge on any atom is -0.396 e. The number of amides is 1. The quantitative estimate of drug-likeness (QED) is 0.869. The lowest BCUT2D eigenvalue weighted by Crippen LogP contribution is -2.34. The number of hydrogen-bond donors (Lipinski definition) is 1. The first-order valence-corrected chi connectivity index (χ1v) is 5.97. The van der Waals surface area contributed by atoms with Crippen molar-refractivity contribution in [3.63, 3.8) is 0 Å². The molecule has 17 heavy (non-hydrogen) atoms. The van der Waals surface area contributed by atoms with Gasteiger partial charge in [-0.05, 0) is 37.5 Å². The molecule has 0 heterocycles.